The van der Waals surface area contributed by atoms with Gasteiger partial charge in [0.1, 0.15) is 11.5 Å². The van der Waals surface area contributed by atoms with Crippen LogP contribution in [0.5, 0.6) is 11.5 Å². The van der Waals surface area contributed by atoms with E-state index in [0.717, 1.165) is 71.6 Å². The van der Waals surface area contributed by atoms with Crippen LogP contribution in [0.15, 0.2) is 121 Å². The summed E-state index contributed by atoms with van der Waals surface area (Å²) in [5.74, 6) is -5.43. The van der Waals surface area contributed by atoms with E-state index in [1.54, 1.807) is 24.3 Å². The number of unbranched alkanes of at least 4 members (excludes halogenated alkanes) is 10. The number of carbonyl (C=O) groups excluding carboxylic acids is 2. The van der Waals surface area contributed by atoms with Crippen molar-refractivity contribution < 1.29 is 59.6 Å². The lowest BCUT2D eigenvalue weighted by Gasteiger charge is -2.29. The monoisotopic (exact) mass is 977 g/mol. The molecule has 0 N–H and O–H groups in total. The van der Waals surface area contributed by atoms with Crippen LogP contribution in [0.3, 0.4) is 0 Å². The Hall–Kier alpha value is -5.53. The molecule has 5 rings (SSSR count). The first-order valence-corrected chi connectivity index (χ1v) is 25.4. The van der Waals surface area contributed by atoms with Gasteiger partial charge in [-0.25, -0.2) is 13.9 Å². The van der Waals surface area contributed by atoms with Gasteiger partial charge in [-0.2, -0.15) is 17.6 Å². The fourth-order valence-electron chi connectivity index (χ4n) is 7.28. The highest BCUT2D eigenvalue weighted by Crippen LogP contribution is 2.58. The number of phosphoric acid groups is 1. The van der Waals surface area contributed by atoms with E-state index in [1.807, 2.05) is 48.5 Å². The Morgan fingerprint density at radius 1 is 0.507 bits per heavy atom. The molecule has 0 spiro atoms. The number of alkyl halides is 4. The van der Waals surface area contributed by atoms with Crippen molar-refractivity contribution in [3.8, 4) is 33.8 Å². The molecule has 0 radical (unpaired) electrons. The van der Waals surface area contributed by atoms with Crippen molar-refractivity contribution in [3.63, 3.8) is 0 Å². The van der Waals surface area contributed by atoms with Crippen LogP contribution in [-0.2, 0) is 28.9 Å². The topological polar surface area (TPSA) is 110 Å². The van der Waals surface area contributed by atoms with Crippen LogP contribution >= 0.6 is 7.82 Å². The van der Waals surface area contributed by atoms with Gasteiger partial charge in [-0.1, -0.05) is 139 Å². The number of hydrogen-bond donors (Lipinski definition) is 0. The summed E-state index contributed by atoms with van der Waals surface area (Å²) in [6.07, 6.45) is 8.56. The molecule has 0 aliphatic rings. The van der Waals surface area contributed by atoms with E-state index in [1.165, 1.54) is 89.5 Å². The summed E-state index contributed by atoms with van der Waals surface area (Å²) >= 11 is 0. The average Bonchev–Trinajstić information content (AvgIpc) is 3.35. The predicted molar refractivity (Wildman–Crippen MR) is 261 cm³/mol. The molecule has 0 aliphatic heterocycles. The van der Waals surface area contributed by atoms with Crippen LogP contribution in [0, 0.1) is 0 Å². The van der Waals surface area contributed by atoms with Crippen LogP contribution in [0.2, 0.25) is 0 Å². The average molecular weight is 978 g/mol. The van der Waals surface area contributed by atoms with Crippen molar-refractivity contribution in [1.82, 2.24) is 0 Å². The van der Waals surface area contributed by atoms with E-state index in [4.69, 9.17) is 14.3 Å². The molecule has 5 aromatic rings. The second-order valence-corrected chi connectivity index (χ2v) is 18.0. The molecule has 0 fully saturated rings. The van der Waals surface area contributed by atoms with Gasteiger partial charge in [-0.05, 0) is 110 Å². The first-order chi connectivity index (χ1) is 33.2. The summed E-state index contributed by atoms with van der Waals surface area (Å²) in [5, 5.41) is 0.597. The molecule has 69 heavy (non-hydrogen) atoms. The molecule has 0 aliphatic carbocycles. The summed E-state index contributed by atoms with van der Waals surface area (Å²) in [6, 6.07) is 31.0. The van der Waals surface area contributed by atoms with Crippen LogP contribution in [0.1, 0.15) is 131 Å². The third-order valence-corrected chi connectivity index (χ3v) is 12.8. The summed E-state index contributed by atoms with van der Waals surface area (Å²) < 4.78 is 98.9. The van der Waals surface area contributed by atoms with E-state index in [-0.39, 0.29) is 16.8 Å². The first-order valence-electron chi connectivity index (χ1n) is 23.9. The SMILES string of the molecule is CCCCCCCCOc1ccc(-c2ccc(C(=O)ON(C(=O)c3ccc(-c4ccc(OCCCCCCCC)cc4)cc3)c3ccc(C(F)(F)C(F)(F)OP(=O)(OCC)OCC)cc3)cc2)cc1. The van der Waals surface area contributed by atoms with Crippen molar-refractivity contribution in [3.05, 3.63) is 138 Å². The second kappa shape index (κ2) is 27.0. The van der Waals surface area contributed by atoms with Crippen molar-refractivity contribution in [2.75, 3.05) is 31.5 Å². The number of rotatable bonds is 29. The highest BCUT2D eigenvalue weighted by Gasteiger charge is 2.63. The maximum atomic E-state index is 15.4. The Morgan fingerprint density at radius 3 is 1.32 bits per heavy atom. The smallest absolute Gasteiger partial charge is 0.479 e. The molecule has 10 nitrogen and oxygen atoms in total. The van der Waals surface area contributed by atoms with Gasteiger partial charge < -0.3 is 14.3 Å². The molecular formula is C54H64F4NO9P. The Bertz CT molecular complexity index is 2350. The zero-order valence-corrected chi connectivity index (χ0v) is 40.8. The highest BCUT2D eigenvalue weighted by atomic mass is 31.2. The van der Waals surface area contributed by atoms with Gasteiger partial charge >= 0.3 is 25.8 Å². The fraction of sp³-hybridized carbons (Fsp3) is 0.407. The Morgan fingerprint density at radius 2 is 0.899 bits per heavy atom. The lowest BCUT2D eigenvalue weighted by Crippen LogP contribution is -2.40. The van der Waals surface area contributed by atoms with Crippen LogP contribution in [0.4, 0.5) is 23.2 Å². The van der Waals surface area contributed by atoms with Gasteiger partial charge in [0.15, 0.2) is 0 Å². The molecule has 0 saturated carbocycles. The maximum Gasteiger partial charge on any atom is 0.479 e. The molecule has 15 heteroatoms. The van der Waals surface area contributed by atoms with Gasteiger partial charge in [0.25, 0.3) is 5.91 Å². The van der Waals surface area contributed by atoms with E-state index in [9.17, 15) is 14.2 Å². The quantitative estimate of drug-likeness (QED) is 0.0200. The first kappa shape index (κ1) is 54.4. The van der Waals surface area contributed by atoms with E-state index < -0.39 is 50.5 Å². The largest absolute Gasteiger partial charge is 0.494 e. The fourth-order valence-corrected chi connectivity index (χ4v) is 8.49. The van der Waals surface area contributed by atoms with Gasteiger partial charge in [0.2, 0.25) is 0 Å². The lowest BCUT2D eigenvalue weighted by atomic mass is 10.0. The van der Waals surface area contributed by atoms with E-state index in [0.29, 0.717) is 30.4 Å². The minimum absolute atomic E-state index is 0.0529. The van der Waals surface area contributed by atoms with Crippen LogP contribution < -0.4 is 14.5 Å². The third-order valence-electron chi connectivity index (χ3n) is 11.2. The molecule has 0 saturated heterocycles. The van der Waals surface area contributed by atoms with Crippen LogP contribution in [-0.4, -0.2) is 44.4 Å². The number of amides is 1. The Kier molecular flexibility index (Phi) is 21.3. The van der Waals surface area contributed by atoms with Gasteiger partial charge in [-0.3, -0.25) is 13.8 Å². The lowest BCUT2D eigenvalue weighted by molar-refractivity contribution is -0.322. The minimum atomic E-state index is -5.37. The van der Waals surface area contributed by atoms with Crippen molar-refractivity contribution >= 4 is 25.4 Å². The summed E-state index contributed by atoms with van der Waals surface area (Å²) in [6.45, 7) is 7.38. The number of ether oxygens (including phenoxy) is 2. The summed E-state index contributed by atoms with van der Waals surface area (Å²) in [7, 11) is -5.09. The second-order valence-electron chi connectivity index (χ2n) is 16.4. The zero-order chi connectivity index (χ0) is 49.7. The molecular weight excluding hydrogens is 914 g/mol. The third kappa shape index (κ3) is 16.0. The van der Waals surface area contributed by atoms with E-state index >= 15 is 17.6 Å². The van der Waals surface area contributed by atoms with Gasteiger partial charge in [-0.15, -0.1) is 5.06 Å². The number of hydrogen-bond acceptors (Lipinski definition) is 9. The number of hydroxylamine groups is 1. The van der Waals surface area contributed by atoms with Gasteiger partial charge in [0, 0.05) is 11.1 Å². The Labute approximate surface area is 403 Å². The van der Waals surface area contributed by atoms with Crippen LogP contribution in [0.25, 0.3) is 22.3 Å². The molecule has 372 valence electrons. The zero-order valence-electron chi connectivity index (χ0n) is 39.9. The Balaban J connectivity index is 1.33. The molecule has 0 heterocycles. The molecule has 0 bridgehead atoms. The van der Waals surface area contributed by atoms with E-state index in [2.05, 4.69) is 27.4 Å². The molecule has 0 unspecified atom stereocenters. The van der Waals surface area contributed by atoms with Crippen molar-refractivity contribution in [1.29, 1.82) is 0 Å². The number of nitrogens with zero attached hydrogens (tertiary/aromatic N) is 1. The molecule has 0 atom stereocenters. The maximum absolute atomic E-state index is 15.4. The van der Waals surface area contributed by atoms with Gasteiger partial charge in [0.05, 0.1) is 37.7 Å². The highest BCUT2D eigenvalue weighted by molar-refractivity contribution is 7.48. The summed E-state index contributed by atoms with van der Waals surface area (Å²) in [4.78, 5) is 33.6. The molecule has 5 aromatic carbocycles. The molecule has 1 amide bonds. The molecule has 0 aromatic heterocycles. The number of benzene rings is 5. The standard InChI is InChI=1S/C54H64F4NO9P/c1-5-9-11-13-15-17-39-63-49-35-27-43(28-36-49)41-19-23-45(24-20-41)51(60)59(48-33-31-47(32-34-48)53(55,56)54(57,58)68-69(62,65-7-3)66-8-4)67-52(61)46-25-21-42(22-26-46)44-29-37-50(38-30-44)64-40-18-16-14-12-10-6-2/h19-38H,5-18,39-40H2,1-4H3. The van der Waals surface area contributed by atoms with Crippen molar-refractivity contribution in [2.24, 2.45) is 0 Å². The number of anilines is 1. The minimum Gasteiger partial charge on any atom is -0.494 e. The number of halogens is 4. The normalized spacial score (nSPS) is 11.9. The number of phosphoric ester groups is 1. The number of carbonyl (C=O) groups is 2. The predicted octanol–water partition coefficient (Wildman–Crippen LogP) is 15.8. The van der Waals surface area contributed by atoms with Crippen molar-refractivity contribution in [2.45, 2.75) is 117 Å². The summed E-state index contributed by atoms with van der Waals surface area (Å²) in [5.41, 5.74) is 1.84.